The summed E-state index contributed by atoms with van der Waals surface area (Å²) in [6.45, 7) is 14.1. The minimum Gasteiger partial charge on any atom is -0.488 e. The maximum absolute atomic E-state index is 13.6. The van der Waals surface area contributed by atoms with Gasteiger partial charge in [0, 0.05) is 12.5 Å². The first-order valence-corrected chi connectivity index (χ1v) is 13.1. The maximum atomic E-state index is 13.6. The monoisotopic (exact) mass is 477 g/mol. The molecule has 0 aliphatic carbocycles. The molecular formula is C27H31N3O3S. The lowest BCUT2D eigenvalue weighted by Crippen LogP contribution is -2.36. The molecule has 2 atom stereocenters. The second-order valence-electron chi connectivity index (χ2n) is 8.89. The minimum absolute atomic E-state index is 0.134. The van der Waals surface area contributed by atoms with Crippen LogP contribution in [0.4, 0.5) is 5.82 Å². The van der Waals surface area contributed by atoms with Gasteiger partial charge in [0.05, 0.1) is 19.8 Å². The van der Waals surface area contributed by atoms with Crippen LogP contribution in [0.15, 0.2) is 59.6 Å². The first kappa shape index (κ1) is 24.1. The molecule has 0 amide bonds. The fourth-order valence-electron chi connectivity index (χ4n) is 4.62. The van der Waals surface area contributed by atoms with Crippen LogP contribution in [0.2, 0.25) is 0 Å². The van der Waals surface area contributed by atoms with Gasteiger partial charge in [-0.3, -0.25) is 0 Å². The van der Waals surface area contributed by atoms with Crippen LogP contribution < -0.4 is 4.74 Å². The van der Waals surface area contributed by atoms with Crippen LogP contribution in [0, 0.1) is 13.5 Å². The number of sulfonamides is 1. The normalized spacial score (nSPS) is 18.4. The van der Waals surface area contributed by atoms with E-state index >= 15 is 0 Å². The van der Waals surface area contributed by atoms with Gasteiger partial charge in [-0.25, -0.2) is 8.42 Å². The van der Waals surface area contributed by atoms with E-state index in [2.05, 4.69) is 30.0 Å². The largest absolute Gasteiger partial charge is 0.488 e. The summed E-state index contributed by atoms with van der Waals surface area (Å²) in [5.41, 5.74) is 4.26. The zero-order valence-corrected chi connectivity index (χ0v) is 21.0. The maximum Gasteiger partial charge on any atom is 0.247 e. The zero-order chi connectivity index (χ0) is 24.5. The third-order valence-electron chi connectivity index (χ3n) is 6.67. The predicted octanol–water partition coefficient (Wildman–Crippen LogP) is 5.79. The molecule has 4 rings (SSSR count). The summed E-state index contributed by atoms with van der Waals surface area (Å²) in [4.78, 5) is 3.82. The molecule has 2 aromatic carbocycles. The summed E-state index contributed by atoms with van der Waals surface area (Å²) < 4.78 is 36.6. The predicted molar refractivity (Wildman–Crippen MR) is 134 cm³/mol. The Kier molecular flexibility index (Phi) is 6.83. The molecule has 1 aromatic heterocycles. The van der Waals surface area contributed by atoms with Crippen molar-refractivity contribution in [3.05, 3.63) is 88.4 Å². The van der Waals surface area contributed by atoms with E-state index in [4.69, 9.17) is 11.3 Å². The number of aryl methyl sites for hydroxylation is 2. The molecule has 7 heteroatoms. The van der Waals surface area contributed by atoms with Gasteiger partial charge in [0.15, 0.2) is 0 Å². The highest BCUT2D eigenvalue weighted by Gasteiger charge is 2.34. The summed E-state index contributed by atoms with van der Waals surface area (Å²) >= 11 is 0. The van der Waals surface area contributed by atoms with Gasteiger partial charge in [-0.2, -0.15) is 4.31 Å². The molecule has 2 heterocycles. The van der Waals surface area contributed by atoms with Crippen LogP contribution in [0.5, 0.6) is 5.75 Å². The quantitative estimate of drug-likeness (QED) is 0.423. The molecule has 0 saturated heterocycles. The molecule has 0 saturated carbocycles. The van der Waals surface area contributed by atoms with Gasteiger partial charge in [-0.05, 0) is 60.2 Å². The van der Waals surface area contributed by atoms with Crippen molar-refractivity contribution in [3.8, 4) is 5.75 Å². The molecule has 0 radical (unpaired) electrons. The van der Waals surface area contributed by atoms with Gasteiger partial charge in [-0.15, -0.1) is 0 Å². The minimum atomic E-state index is -3.70. The molecule has 3 aromatic rings. The van der Waals surface area contributed by atoms with Crippen molar-refractivity contribution in [2.24, 2.45) is 7.05 Å². The number of hydrogen-bond acceptors (Lipinski definition) is 3. The van der Waals surface area contributed by atoms with E-state index in [-0.39, 0.29) is 23.5 Å². The van der Waals surface area contributed by atoms with Crippen LogP contribution in [-0.2, 0) is 23.6 Å². The molecule has 0 N–H and O–H groups in total. The van der Waals surface area contributed by atoms with Gasteiger partial charge in [0.1, 0.15) is 16.7 Å². The highest BCUT2D eigenvalue weighted by molar-refractivity contribution is 7.89. The summed E-state index contributed by atoms with van der Waals surface area (Å²) in [5.74, 6) is 1.17. The Hall–Kier alpha value is -3.08. The highest BCUT2D eigenvalue weighted by atomic mass is 32.2. The lowest BCUT2D eigenvalue weighted by atomic mass is 9.89. The summed E-state index contributed by atoms with van der Waals surface area (Å²) in [6, 6.07) is 15.1. The van der Waals surface area contributed by atoms with E-state index in [0.717, 1.165) is 28.7 Å². The van der Waals surface area contributed by atoms with Crippen molar-refractivity contribution in [3.63, 3.8) is 0 Å². The molecule has 34 heavy (non-hydrogen) atoms. The van der Waals surface area contributed by atoms with Crippen LogP contribution >= 0.6 is 0 Å². The van der Waals surface area contributed by atoms with Crippen molar-refractivity contribution in [2.75, 3.05) is 6.54 Å². The third kappa shape index (κ3) is 4.48. The number of nitrogens with zero attached hydrogens (tertiary/aromatic N) is 3. The summed E-state index contributed by atoms with van der Waals surface area (Å²) in [5, 5.41) is 0. The fourth-order valence-corrected chi connectivity index (χ4v) is 6.19. The summed E-state index contributed by atoms with van der Waals surface area (Å²) in [6.07, 6.45) is 3.40. The van der Waals surface area contributed by atoms with Crippen molar-refractivity contribution < 1.29 is 13.2 Å². The number of hydrogen-bond donors (Lipinski definition) is 0. The zero-order valence-electron chi connectivity index (χ0n) is 20.2. The molecule has 178 valence electrons. The van der Waals surface area contributed by atoms with Crippen molar-refractivity contribution in [1.82, 2.24) is 8.87 Å². The standard InChI is InChI=1S/C27H31N3O3S/c1-6-23-18-30(34(31,32)26-11-9-8-10-25(26)33-23)17-21-14-20(13-12-19(21)3)24(7-2)22-15-27(28-4)29(5)16-22/h8-16,23-24H,6-7,17-18H2,1-3,5H3/t23-,24?/m1/s1. The topological polar surface area (TPSA) is 55.9 Å². The molecule has 1 aliphatic rings. The van der Waals surface area contributed by atoms with Crippen LogP contribution in [-0.4, -0.2) is 29.9 Å². The van der Waals surface area contributed by atoms with E-state index in [0.29, 0.717) is 24.5 Å². The Morgan fingerprint density at radius 3 is 2.59 bits per heavy atom. The second kappa shape index (κ2) is 9.65. The molecular weight excluding hydrogens is 446 g/mol. The first-order chi connectivity index (χ1) is 16.3. The molecule has 0 spiro atoms. The van der Waals surface area contributed by atoms with Gasteiger partial charge < -0.3 is 14.1 Å². The lowest BCUT2D eigenvalue weighted by Gasteiger charge is -2.24. The average molecular weight is 478 g/mol. The van der Waals surface area contributed by atoms with Crippen molar-refractivity contribution >= 4 is 15.8 Å². The van der Waals surface area contributed by atoms with Crippen molar-refractivity contribution in [2.45, 2.75) is 57.1 Å². The van der Waals surface area contributed by atoms with E-state index in [1.54, 1.807) is 28.6 Å². The SMILES string of the molecule is [C-]#[N+]c1cc(C(CC)c2ccc(C)c(CN3C[C@@H](CC)Oc4ccccc4S3(=O)=O)c2)cn1C. The molecule has 0 fully saturated rings. The van der Waals surface area contributed by atoms with Gasteiger partial charge in [0.25, 0.3) is 0 Å². The number of rotatable bonds is 6. The van der Waals surface area contributed by atoms with Crippen LogP contribution in [0.25, 0.3) is 4.85 Å². The second-order valence-corrected chi connectivity index (χ2v) is 10.8. The molecule has 6 nitrogen and oxygen atoms in total. The number of para-hydroxylation sites is 1. The molecule has 0 bridgehead atoms. The van der Waals surface area contributed by atoms with Crippen LogP contribution in [0.3, 0.4) is 0 Å². The Morgan fingerprint density at radius 2 is 1.91 bits per heavy atom. The van der Waals surface area contributed by atoms with E-state index in [1.165, 1.54) is 0 Å². The number of benzene rings is 2. The summed E-state index contributed by atoms with van der Waals surface area (Å²) in [7, 11) is -1.81. The van der Waals surface area contributed by atoms with E-state index in [9.17, 15) is 8.42 Å². The van der Waals surface area contributed by atoms with E-state index in [1.807, 2.05) is 37.7 Å². The Labute approximate surface area is 202 Å². The Bertz CT molecular complexity index is 1340. The number of aromatic nitrogens is 1. The fraction of sp³-hybridized carbons (Fsp3) is 0.370. The number of fused-ring (bicyclic) bond motifs is 1. The molecule has 1 unspecified atom stereocenters. The van der Waals surface area contributed by atoms with Gasteiger partial charge in [0.2, 0.25) is 15.8 Å². The van der Waals surface area contributed by atoms with Crippen LogP contribution in [0.1, 0.15) is 54.9 Å². The van der Waals surface area contributed by atoms with E-state index < -0.39 is 10.0 Å². The average Bonchev–Trinajstić information content (AvgIpc) is 3.15. The van der Waals surface area contributed by atoms with Crippen molar-refractivity contribution in [1.29, 1.82) is 0 Å². The lowest BCUT2D eigenvalue weighted by molar-refractivity contribution is 0.168. The highest BCUT2D eigenvalue weighted by Crippen LogP contribution is 2.35. The Balaban J connectivity index is 1.71. The molecule has 1 aliphatic heterocycles. The first-order valence-electron chi connectivity index (χ1n) is 11.7. The van der Waals surface area contributed by atoms with Gasteiger partial charge >= 0.3 is 0 Å². The smallest absolute Gasteiger partial charge is 0.247 e. The Morgan fingerprint density at radius 1 is 1.15 bits per heavy atom. The third-order valence-corrected chi connectivity index (χ3v) is 8.52. The number of ether oxygens (including phenoxy) is 1. The van der Waals surface area contributed by atoms with Gasteiger partial charge in [-0.1, -0.05) is 50.8 Å².